The van der Waals surface area contributed by atoms with E-state index >= 15 is 0 Å². The van der Waals surface area contributed by atoms with Gasteiger partial charge < -0.3 is 14.1 Å². The quantitative estimate of drug-likeness (QED) is 0.399. The van der Waals surface area contributed by atoms with Crippen LogP contribution in [0.2, 0.25) is 0 Å². The maximum absolute atomic E-state index is 14.1. The monoisotopic (exact) mass is 487 g/mol. The SMILES string of the molecule is COC(=O)c1sc(N2C(=O)c3oc4ccccc4c(=O)c3C23C(=O)N(C)c2ccccc23)nc1C. The molecular formula is C25H17N3O6S. The average molecular weight is 487 g/mol. The Morgan fingerprint density at radius 3 is 2.57 bits per heavy atom. The Morgan fingerprint density at radius 1 is 1.09 bits per heavy atom. The number of carbonyl (C=O) groups excluding carboxylic acids is 3. The highest BCUT2D eigenvalue weighted by atomic mass is 32.1. The van der Waals surface area contributed by atoms with Gasteiger partial charge in [-0.1, -0.05) is 41.7 Å². The molecule has 6 rings (SSSR count). The van der Waals surface area contributed by atoms with Crippen molar-refractivity contribution in [2.45, 2.75) is 12.5 Å². The number of methoxy groups -OCH3 is 1. The molecule has 2 aromatic carbocycles. The topological polar surface area (TPSA) is 110 Å². The summed E-state index contributed by atoms with van der Waals surface area (Å²) in [7, 11) is 2.84. The Hall–Kier alpha value is -4.31. The van der Waals surface area contributed by atoms with Crippen LogP contribution in [0, 0.1) is 6.92 Å². The number of esters is 1. The minimum Gasteiger partial charge on any atom is -0.465 e. The maximum Gasteiger partial charge on any atom is 0.350 e. The molecule has 4 heterocycles. The summed E-state index contributed by atoms with van der Waals surface area (Å²) in [5.74, 6) is -2.02. The lowest BCUT2D eigenvalue weighted by atomic mass is 9.84. The molecule has 1 unspecified atom stereocenters. The summed E-state index contributed by atoms with van der Waals surface area (Å²) in [5, 5.41) is 0.340. The molecule has 9 nitrogen and oxygen atoms in total. The first-order chi connectivity index (χ1) is 16.8. The minimum absolute atomic E-state index is 0.0597. The third-order valence-electron chi connectivity index (χ3n) is 6.51. The smallest absolute Gasteiger partial charge is 0.350 e. The van der Waals surface area contributed by atoms with Crippen molar-refractivity contribution in [1.82, 2.24) is 4.98 Å². The summed E-state index contributed by atoms with van der Waals surface area (Å²) < 4.78 is 10.8. The van der Waals surface area contributed by atoms with Gasteiger partial charge in [0.1, 0.15) is 10.5 Å². The number of aromatic nitrogens is 1. The zero-order valence-electron chi connectivity index (χ0n) is 18.8. The normalized spacial score (nSPS) is 18.5. The van der Waals surface area contributed by atoms with E-state index < -0.39 is 28.8 Å². The van der Waals surface area contributed by atoms with Crippen LogP contribution in [0.1, 0.15) is 37.0 Å². The van der Waals surface area contributed by atoms with Gasteiger partial charge in [0.15, 0.2) is 16.1 Å². The van der Waals surface area contributed by atoms with Crippen LogP contribution in [0.4, 0.5) is 10.8 Å². The first kappa shape index (κ1) is 21.2. The van der Waals surface area contributed by atoms with Gasteiger partial charge in [-0.05, 0) is 25.1 Å². The van der Waals surface area contributed by atoms with Crippen molar-refractivity contribution in [2.24, 2.45) is 0 Å². The molecule has 2 amide bonds. The van der Waals surface area contributed by atoms with E-state index in [4.69, 9.17) is 9.15 Å². The molecule has 0 N–H and O–H groups in total. The van der Waals surface area contributed by atoms with Crippen molar-refractivity contribution in [3.8, 4) is 0 Å². The lowest BCUT2D eigenvalue weighted by Crippen LogP contribution is -2.53. The lowest BCUT2D eigenvalue weighted by Gasteiger charge is -2.31. The fourth-order valence-corrected chi connectivity index (χ4v) is 6.01. The summed E-state index contributed by atoms with van der Waals surface area (Å²) in [4.78, 5) is 61.5. The van der Waals surface area contributed by atoms with Crippen molar-refractivity contribution in [2.75, 3.05) is 24.0 Å². The number of hydrogen-bond acceptors (Lipinski definition) is 8. The number of likely N-dealkylation sites (N-methyl/N-ethyl adjacent to an activating group) is 1. The standard InChI is InChI=1S/C25H17N3O6S/c1-12-20(22(31)33-3)35-24(26-12)28-21(30)19-17(18(29)13-8-4-7-11-16(13)34-19)25(28)14-9-5-6-10-15(14)27(2)23(25)32/h4-11H,1-3H3. The fourth-order valence-electron chi connectivity index (χ4n) is 4.97. The molecule has 0 saturated heterocycles. The van der Waals surface area contributed by atoms with Gasteiger partial charge in [-0.15, -0.1) is 0 Å². The predicted octanol–water partition coefficient (Wildman–Crippen LogP) is 3.22. The number of aryl methyl sites for hydroxylation is 1. The van der Waals surface area contributed by atoms with Crippen molar-refractivity contribution in [3.05, 3.63) is 86.2 Å². The molecule has 0 bridgehead atoms. The number of fused-ring (bicyclic) bond motifs is 5. The number of benzene rings is 2. The van der Waals surface area contributed by atoms with E-state index in [9.17, 15) is 19.2 Å². The Morgan fingerprint density at radius 2 is 1.80 bits per heavy atom. The molecule has 2 aromatic heterocycles. The van der Waals surface area contributed by atoms with Gasteiger partial charge in [0, 0.05) is 18.3 Å². The summed E-state index contributed by atoms with van der Waals surface area (Å²) in [6.07, 6.45) is 0. The van der Waals surface area contributed by atoms with Gasteiger partial charge in [-0.2, -0.15) is 0 Å². The largest absolute Gasteiger partial charge is 0.465 e. The highest BCUT2D eigenvalue weighted by Gasteiger charge is 2.65. The lowest BCUT2D eigenvalue weighted by molar-refractivity contribution is -0.121. The number of para-hydroxylation sites is 2. The molecule has 2 aliphatic heterocycles. The maximum atomic E-state index is 14.1. The molecule has 0 saturated carbocycles. The Labute approximate surface area is 202 Å². The van der Waals surface area contributed by atoms with Crippen molar-refractivity contribution in [3.63, 3.8) is 0 Å². The van der Waals surface area contributed by atoms with E-state index in [0.29, 0.717) is 16.9 Å². The van der Waals surface area contributed by atoms with Gasteiger partial charge in [0.05, 0.1) is 23.8 Å². The third-order valence-corrected chi connectivity index (χ3v) is 7.63. The molecule has 10 heteroatoms. The second kappa shape index (κ2) is 7.09. The van der Waals surface area contributed by atoms with Crippen LogP contribution >= 0.6 is 11.3 Å². The van der Waals surface area contributed by atoms with Crippen LogP contribution < -0.4 is 15.2 Å². The van der Waals surface area contributed by atoms with Crippen LogP contribution in [0.25, 0.3) is 11.0 Å². The van der Waals surface area contributed by atoms with Crippen LogP contribution in [0.3, 0.4) is 0 Å². The van der Waals surface area contributed by atoms with Gasteiger partial charge in [-0.25, -0.2) is 9.78 Å². The highest BCUT2D eigenvalue weighted by Crippen LogP contribution is 2.54. The van der Waals surface area contributed by atoms with E-state index in [1.54, 1.807) is 62.5 Å². The van der Waals surface area contributed by atoms with Crippen molar-refractivity contribution >= 4 is 50.9 Å². The summed E-state index contributed by atoms with van der Waals surface area (Å²) in [5.41, 5.74) is -0.786. The summed E-state index contributed by atoms with van der Waals surface area (Å²) in [6.45, 7) is 1.61. The second-order valence-corrected chi connectivity index (χ2v) is 9.24. The summed E-state index contributed by atoms with van der Waals surface area (Å²) >= 11 is 0.918. The fraction of sp³-hybridized carbons (Fsp3) is 0.160. The number of carbonyl (C=O) groups is 3. The van der Waals surface area contributed by atoms with E-state index in [1.165, 1.54) is 16.9 Å². The third kappa shape index (κ3) is 2.49. The number of thiazole rings is 1. The first-order valence-electron chi connectivity index (χ1n) is 10.7. The van der Waals surface area contributed by atoms with E-state index in [2.05, 4.69) is 4.98 Å². The van der Waals surface area contributed by atoms with Crippen LogP contribution in [0.5, 0.6) is 0 Å². The molecule has 0 radical (unpaired) electrons. The van der Waals surface area contributed by atoms with E-state index in [1.807, 2.05) is 0 Å². The van der Waals surface area contributed by atoms with Gasteiger partial charge >= 0.3 is 5.97 Å². The van der Waals surface area contributed by atoms with Gasteiger partial charge in [0.25, 0.3) is 11.8 Å². The molecular weight excluding hydrogens is 470 g/mol. The van der Waals surface area contributed by atoms with Crippen LogP contribution in [-0.4, -0.2) is 36.9 Å². The number of nitrogens with zero attached hydrogens (tertiary/aromatic N) is 3. The number of ether oxygens (including phenoxy) is 1. The molecule has 174 valence electrons. The van der Waals surface area contributed by atoms with Crippen LogP contribution in [-0.2, 0) is 15.1 Å². The van der Waals surface area contributed by atoms with Gasteiger partial charge in [-0.3, -0.25) is 19.3 Å². The zero-order valence-corrected chi connectivity index (χ0v) is 19.6. The first-order valence-corrected chi connectivity index (χ1v) is 11.5. The number of rotatable bonds is 2. The zero-order chi connectivity index (χ0) is 24.6. The Bertz CT molecular complexity index is 1670. The van der Waals surface area contributed by atoms with Crippen LogP contribution in [0.15, 0.2) is 57.7 Å². The predicted molar refractivity (Wildman–Crippen MR) is 128 cm³/mol. The molecule has 4 aromatic rings. The second-order valence-electron chi connectivity index (χ2n) is 8.27. The molecule has 1 spiro atoms. The Balaban J connectivity index is 1.75. The van der Waals surface area contributed by atoms with E-state index in [-0.39, 0.29) is 32.3 Å². The number of anilines is 2. The number of amides is 2. The molecule has 1 atom stereocenters. The Kier molecular flexibility index (Phi) is 4.31. The van der Waals surface area contributed by atoms with E-state index in [0.717, 1.165) is 11.3 Å². The van der Waals surface area contributed by atoms with Crippen molar-refractivity contribution in [1.29, 1.82) is 0 Å². The number of hydrogen-bond donors (Lipinski definition) is 0. The summed E-state index contributed by atoms with van der Waals surface area (Å²) in [6, 6.07) is 13.6. The molecule has 0 fully saturated rings. The molecule has 35 heavy (non-hydrogen) atoms. The highest BCUT2D eigenvalue weighted by molar-refractivity contribution is 7.17. The average Bonchev–Trinajstić information content (AvgIpc) is 3.45. The van der Waals surface area contributed by atoms with Crippen molar-refractivity contribution < 1.29 is 23.5 Å². The molecule has 2 aliphatic rings. The molecule has 0 aliphatic carbocycles. The van der Waals surface area contributed by atoms with Gasteiger partial charge in [0.2, 0.25) is 5.76 Å². The minimum atomic E-state index is -1.83.